The number of carbonyl (C=O) groups is 1. The number of aromatic nitrogens is 2. The maximum absolute atomic E-state index is 15.3. The number of aryl methyl sites for hydroxylation is 1. The number of benzene rings is 3. The van der Waals surface area contributed by atoms with Crippen molar-refractivity contribution in [1.29, 1.82) is 0 Å². The fraction of sp³-hybridized carbons (Fsp3) is 0.243. The van der Waals surface area contributed by atoms with Crippen LogP contribution in [-0.2, 0) is 29.2 Å². The predicted octanol–water partition coefficient (Wildman–Crippen LogP) is 6.03. The summed E-state index contributed by atoms with van der Waals surface area (Å²) in [6.45, 7) is 2.80. The molecule has 0 unspecified atom stereocenters. The molecule has 1 fully saturated rings. The highest BCUT2D eigenvalue weighted by molar-refractivity contribution is 5.97. The van der Waals surface area contributed by atoms with Gasteiger partial charge in [-0.2, -0.15) is 0 Å². The van der Waals surface area contributed by atoms with E-state index in [-0.39, 0.29) is 59.4 Å². The molecule has 1 aliphatic heterocycles. The molecule has 51 heavy (non-hydrogen) atoms. The molecule has 2 aromatic heterocycles. The van der Waals surface area contributed by atoms with Crippen LogP contribution in [0.25, 0.3) is 11.3 Å². The maximum atomic E-state index is 15.3. The number of nitrogens with one attached hydrogen (secondary N) is 2. The number of ether oxygens (including phenoxy) is 4. The summed E-state index contributed by atoms with van der Waals surface area (Å²) in [7, 11) is 1.58. The van der Waals surface area contributed by atoms with Crippen molar-refractivity contribution in [2.24, 2.45) is 4.99 Å². The van der Waals surface area contributed by atoms with Crippen LogP contribution in [0.1, 0.15) is 34.4 Å². The Morgan fingerprint density at radius 1 is 0.902 bits per heavy atom. The lowest BCUT2D eigenvalue weighted by Gasteiger charge is -2.12. The molecular formula is C37H34F3N5O6. The van der Waals surface area contributed by atoms with Crippen LogP contribution in [0, 0.1) is 24.4 Å². The quantitative estimate of drug-likeness (QED) is 0.0911. The molecule has 264 valence electrons. The molecule has 3 aromatic carbocycles. The summed E-state index contributed by atoms with van der Waals surface area (Å²) in [5.41, 5.74) is 6.95. The second-order valence-corrected chi connectivity index (χ2v) is 11.7. The van der Waals surface area contributed by atoms with E-state index >= 15 is 8.78 Å². The van der Waals surface area contributed by atoms with Gasteiger partial charge >= 0.3 is 0 Å². The summed E-state index contributed by atoms with van der Waals surface area (Å²) >= 11 is 0. The van der Waals surface area contributed by atoms with Crippen molar-refractivity contribution in [3.63, 3.8) is 0 Å². The number of aliphatic imine (C=N–C) groups is 1. The van der Waals surface area contributed by atoms with E-state index in [0.717, 1.165) is 29.0 Å². The van der Waals surface area contributed by atoms with Gasteiger partial charge in [0.25, 0.3) is 5.88 Å². The Morgan fingerprint density at radius 3 is 2.47 bits per heavy atom. The number of pyridine rings is 1. The molecule has 1 atom stereocenters. The van der Waals surface area contributed by atoms with Crippen molar-refractivity contribution in [3.05, 3.63) is 124 Å². The van der Waals surface area contributed by atoms with Crippen LogP contribution in [0.2, 0.25) is 0 Å². The number of rotatable bonds is 12. The van der Waals surface area contributed by atoms with E-state index in [2.05, 4.69) is 26.0 Å². The van der Waals surface area contributed by atoms with Crippen LogP contribution in [0.5, 0.6) is 17.5 Å². The second kappa shape index (κ2) is 16.2. The van der Waals surface area contributed by atoms with Gasteiger partial charge in [0.05, 0.1) is 37.9 Å². The number of amidine groups is 1. The van der Waals surface area contributed by atoms with Crippen LogP contribution >= 0.6 is 0 Å². The Kier molecular flexibility index (Phi) is 11.1. The molecule has 3 heterocycles. The molecule has 0 saturated carbocycles. The van der Waals surface area contributed by atoms with E-state index in [1.807, 2.05) is 24.3 Å². The summed E-state index contributed by atoms with van der Waals surface area (Å²) in [6.07, 6.45) is 0.154. The highest BCUT2D eigenvalue weighted by Crippen LogP contribution is 2.27. The van der Waals surface area contributed by atoms with Crippen LogP contribution < -0.4 is 25.1 Å². The van der Waals surface area contributed by atoms with Crippen molar-refractivity contribution in [2.45, 2.75) is 39.0 Å². The Balaban J connectivity index is 1.08. The fourth-order valence-electron chi connectivity index (χ4n) is 5.11. The zero-order valence-electron chi connectivity index (χ0n) is 27.8. The molecule has 11 nitrogen and oxygen atoms in total. The Hall–Kier alpha value is -5.89. The topological polar surface area (TPSA) is 129 Å². The first-order chi connectivity index (χ1) is 24.7. The van der Waals surface area contributed by atoms with E-state index in [9.17, 15) is 9.18 Å². The van der Waals surface area contributed by atoms with Gasteiger partial charge in [0.1, 0.15) is 36.4 Å². The average molecular weight is 702 g/mol. The van der Waals surface area contributed by atoms with Gasteiger partial charge in [-0.3, -0.25) is 20.6 Å². The molecule has 0 bridgehead atoms. The van der Waals surface area contributed by atoms with E-state index in [4.69, 9.17) is 23.5 Å². The fourth-order valence-corrected chi connectivity index (χ4v) is 5.11. The summed E-state index contributed by atoms with van der Waals surface area (Å²) < 4.78 is 72.1. The van der Waals surface area contributed by atoms with Gasteiger partial charge in [-0.1, -0.05) is 30.3 Å². The maximum Gasteiger partial charge on any atom is 0.255 e. The number of hydrogen-bond donors (Lipinski definition) is 2. The third-order valence-corrected chi connectivity index (χ3v) is 7.88. The zero-order valence-corrected chi connectivity index (χ0v) is 27.8. The highest BCUT2D eigenvalue weighted by atomic mass is 19.1. The van der Waals surface area contributed by atoms with E-state index in [1.54, 1.807) is 32.2 Å². The van der Waals surface area contributed by atoms with E-state index < -0.39 is 29.8 Å². The minimum atomic E-state index is -0.817. The number of amides is 1. The highest BCUT2D eigenvalue weighted by Gasteiger charge is 2.21. The van der Waals surface area contributed by atoms with Crippen LogP contribution in [0.4, 0.5) is 13.2 Å². The Labute approximate surface area is 291 Å². The zero-order chi connectivity index (χ0) is 35.7. The van der Waals surface area contributed by atoms with Gasteiger partial charge in [-0.15, -0.1) is 0 Å². The average Bonchev–Trinajstić information content (AvgIpc) is 3.83. The lowest BCUT2D eigenvalue weighted by atomic mass is 10.0. The standard InChI is InChI=1S/C37H34F3N5O6/c1-22-6-9-24(29(38)14-22)20-50-35-5-3-4-32(42-35)28-17-30(39)25(15-31(28)40)16-34(46)43-44-37(41-26-12-13-48-21-26)33-18-36(45-51-33)49-19-23-7-10-27(47-2)11-8-23/h3-11,14-15,17-18,26H,12-13,16,19-21H2,1-2H3,(H,41,44)(H,43,46)/t26-/m1/s1. The number of halogens is 3. The monoisotopic (exact) mass is 701 g/mol. The van der Waals surface area contributed by atoms with Crippen molar-refractivity contribution in [2.75, 3.05) is 20.3 Å². The molecule has 1 amide bonds. The molecule has 0 spiro atoms. The molecular weight excluding hydrogens is 667 g/mol. The third kappa shape index (κ3) is 9.22. The molecule has 1 aliphatic rings. The van der Waals surface area contributed by atoms with Crippen LogP contribution in [0.15, 0.2) is 88.4 Å². The number of hydrazine groups is 1. The second-order valence-electron chi connectivity index (χ2n) is 11.7. The summed E-state index contributed by atoms with van der Waals surface area (Å²) in [6, 6.07) is 19.9. The predicted molar refractivity (Wildman–Crippen MR) is 180 cm³/mol. The molecule has 6 rings (SSSR count). The van der Waals surface area contributed by atoms with Gasteiger partial charge in [0, 0.05) is 29.4 Å². The first-order valence-corrected chi connectivity index (χ1v) is 16.0. The van der Waals surface area contributed by atoms with Crippen molar-refractivity contribution >= 4 is 11.7 Å². The lowest BCUT2D eigenvalue weighted by Crippen LogP contribution is -2.43. The largest absolute Gasteiger partial charge is 0.497 e. The molecule has 1 saturated heterocycles. The minimum Gasteiger partial charge on any atom is -0.497 e. The van der Waals surface area contributed by atoms with E-state index in [0.29, 0.717) is 25.2 Å². The molecule has 0 aliphatic carbocycles. The summed E-state index contributed by atoms with van der Waals surface area (Å²) in [5, 5.41) is 3.94. The molecule has 14 heteroatoms. The van der Waals surface area contributed by atoms with Gasteiger partial charge in [-0.05, 0) is 66.0 Å². The number of carbonyl (C=O) groups excluding carboxylic acids is 1. The van der Waals surface area contributed by atoms with Gasteiger partial charge < -0.3 is 23.5 Å². The normalized spacial score (nSPS) is 14.3. The minimum absolute atomic E-state index is 0.0989. The third-order valence-electron chi connectivity index (χ3n) is 7.88. The van der Waals surface area contributed by atoms with Gasteiger partial charge in [0.15, 0.2) is 5.84 Å². The molecule has 5 aromatic rings. The smallest absolute Gasteiger partial charge is 0.255 e. The summed E-state index contributed by atoms with van der Waals surface area (Å²) in [5.74, 6) is -1.38. The number of nitrogens with zero attached hydrogens (tertiary/aromatic N) is 3. The van der Waals surface area contributed by atoms with E-state index in [1.165, 1.54) is 24.3 Å². The van der Waals surface area contributed by atoms with Crippen molar-refractivity contribution < 1.29 is 41.4 Å². The SMILES string of the molecule is COc1ccc(COc2cc(C(=N[C@@H]3CCOC3)NNC(=O)Cc3cc(F)c(-c4cccc(OCc5ccc(C)cc5F)n4)cc3F)on2)cc1. The Morgan fingerprint density at radius 2 is 1.71 bits per heavy atom. The van der Waals surface area contributed by atoms with Crippen LogP contribution in [-0.4, -0.2) is 48.2 Å². The van der Waals surface area contributed by atoms with Crippen molar-refractivity contribution in [3.8, 4) is 28.8 Å². The number of methoxy groups -OCH3 is 1. The first-order valence-electron chi connectivity index (χ1n) is 16.0. The van der Waals surface area contributed by atoms with Crippen molar-refractivity contribution in [1.82, 2.24) is 21.0 Å². The first kappa shape index (κ1) is 35.0. The lowest BCUT2D eigenvalue weighted by molar-refractivity contribution is -0.121. The summed E-state index contributed by atoms with van der Waals surface area (Å²) in [4.78, 5) is 21.8. The van der Waals surface area contributed by atoms with Gasteiger partial charge in [0.2, 0.25) is 17.5 Å². The Bertz CT molecular complexity index is 2010. The van der Waals surface area contributed by atoms with Crippen LogP contribution in [0.3, 0.4) is 0 Å². The molecule has 2 N–H and O–H groups in total. The number of hydrogen-bond acceptors (Lipinski definition) is 9. The molecule has 0 radical (unpaired) electrons. The van der Waals surface area contributed by atoms with Gasteiger partial charge in [-0.25, -0.2) is 18.2 Å².